The van der Waals surface area contributed by atoms with E-state index in [1.165, 1.54) is 4.90 Å². The van der Waals surface area contributed by atoms with Crippen LogP contribution in [0, 0.1) is 6.92 Å². The van der Waals surface area contributed by atoms with Crippen molar-refractivity contribution in [1.82, 2.24) is 9.88 Å². The zero-order chi connectivity index (χ0) is 20.5. The Labute approximate surface area is 181 Å². The van der Waals surface area contributed by atoms with E-state index in [0.29, 0.717) is 5.69 Å². The van der Waals surface area contributed by atoms with E-state index in [1.54, 1.807) is 12.1 Å². The summed E-state index contributed by atoms with van der Waals surface area (Å²) >= 11 is 8.69. The molecule has 0 aliphatic carbocycles. The van der Waals surface area contributed by atoms with Crippen molar-refractivity contribution >= 4 is 56.8 Å². The standard InChI is InChI=1S/C22H16BrN3O2S/c1-14-11-16(23)7-8-19(14)26-21(28)18(20(27)24-22(26)29)12-15-9-10-25(13-15)17-5-3-2-4-6-17/h2-13H,1H3,(H,24,27,29)/b18-12-. The highest BCUT2D eigenvalue weighted by atomic mass is 79.9. The summed E-state index contributed by atoms with van der Waals surface area (Å²) in [4.78, 5) is 27.0. The number of carbonyl (C=O) groups is 2. The zero-order valence-electron chi connectivity index (χ0n) is 15.4. The molecular weight excluding hydrogens is 450 g/mol. The van der Waals surface area contributed by atoms with Gasteiger partial charge in [-0.25, -0.2) is 0 Å². The maximum atomic E-state index is 13.2. The minimum atomic E-state index is -0.501. The van der Waals surface area contributed by atoms with Crippen LogP contribution in [-0.2, 0) is 9.59 Å². The monoisotopic (exact) mass is 465 g/mol. The van der Waals surface area contributed by atoms with Crippen LogP contribution in [-0.4, -0.2) is 21.5 Å². The van der Waals surface area contributed by atoms with Crippen LogP contribution in [0.5, 0.6) is 0 Å². The van der Waals surface area contributed by atoms with E-state index in [-0.39, 0.29) is 10.7 Å². The molecule has 0 radical (unpaired) electrons. The molecule has 2 heterocycles. The summed E-state index contributed by atoms with van der Waals surface area (Å²) in [5, 5.41) is 2.69. The van der Waals surface area contributed by atoms with Gasteiger partial charge in [-0.1, -0.05) is 34.1 Å². The van der Waals surface area contributed by atoms with E-state index in [9.17, 15) is 9.59 Å². The molecule has 3 aromatic rings. The molecule has 1 saturated heterocycles. The first-order valence-corrected chi connectivity index (χ1v) is 10.1. The van der Waals surface area contributed by atoms with Gasteiger partial charge >= 0.3 is 0 Å². The van der Waals surface area contributed by atoms with Crippen molar-refractivity contribution in [2.24, 2.45) is 0 Å². The van der Waals surface area contributed by atoms with Gasteiger partial charge in [-0.05, 0) is 72.7 Å². The number of rotatable bonds is 3. The van der Waals surface area contributed by atoms with E-state index in [2.05, 4.69) is 21.2 Å². The largest absolute Gasteiger partial charge is 0.323 e. The number of nitrogens with zero attached hydrogens (tertiary/aromatic N) is 2. The predicted molar refractivity (Wildman–Crippen MR) is 121 cm³/mol. The summed E-state index contributed by atoms with van der Waals surface area (Å²) in [5.41, 5.74) is 3.26. The number of anilines is 1. The lowest BCUT2D eigenvalue weighted by Gasteiger charge is -2.30. The highest BCUT2D eigenvalue weighted by Crippen LogP contribution is 2.27. The Hall–Kier alpha value is -3.03. The molecule has 144 valence electrons. The summed E-state index contributed by atoms with van der Waals surface area (Å²) in [6.45, 7) is 1.88. The molecule has 0 saturated carbocycles. The molecule has 0 unspecified atom stereocenters. The molecule has 0 bridgehead atoms. The second-order valence-corrected chi connectivity index (χ2v) is 7.88. The number of hydrogen-bond acceptors (Lipinski definition) is 3. The van der Waals surface area contributed by atoms with Crippen LogP contribution in [0.1, 0.15) is 11.1 Å². The minimum Gasteiger partial charge on any atom is -0.323 e. The summed E-state index contributed by atoms with van der Waals surface area (Å²) in [5.74, 6) is -0.949. The van der Waals surface area contributed by atoms with E-state index >= 15 is 0 Å². The molecule has 1 aromatic heterocycles. The number of para-hydroxylation sites is 1. The van der Waals surface area contributed by atoms with Gasteiger partial charge in [0.05, 0.1) is 5.69 Å². The first-order valence-electron chi connectivity index (χ1n) is 8.85. The van der Waals surface area contributed by atoms with Crippen molar-refractivity contribution in [2.75, 3.05) is 4.90 Å². The molecule has 1 aliphatic rings. The lowest BCUT2D eigenvalue weighted by atomic mass is 10.1. The number of thiocarbonyl (C=S) groups is 1. The Morgan fingerprint density at radius 2 is 1.83 bits per heavy atom. The first-order chi connectivity index (χ1) is 13.9. The third kappa shape index (κ3) is 3.79. The summed E-state index contributed by atoms with van der Waals surface area (Å²) in [6, 6.07) is 17.2. The van der Waals surface area contributed by atoms with Crippen LogP contribution in [0.4, 0.5) is 5.69 Å². The quantitative estimate of drug-likeness (QED) is 0.354. The minimum absolute atomic E-state index is 0.0340. The van der Waals surface area contributed by atoms with Gasteiger partial charge in [0.2, 0.25) is 0 Å². The Bertz CT molecular complexity index is 1170. The number of aryl methyl sites for hydroxylation is 1. The number of nitrogens with one attached hydrogen (secondary N) is 1. The van der Waals surface area contributed by atoms with Crippen LogP contribution in [0.2, 0.25) is 0 Å². The maximum Gasteiger partial charge on any atom is 0.270 e. The maximum absolute atomic E-state index is 13.2. The third-order valence-corrected chi connectivity index (χ3v) is 5.36. The van der Waals surface area contributed by atoms with Crippen molar-refractivity contribution in [3.05, 3.63) is 88.2 Å². The fraction of sp³-hybridized carbons (Fsp3) is 0.0455. The molecule has 1 N–H and O–H groups in total. The molecule has 1 aliphatic heterocycles. The molecule has 2 amide bonds. The van der Waals surface area contributed by atoms with Crippen molar-refractivity contribution in [1.29, 1.82) is 0 Å². The first kappa shape index (κ1) is 19.3. The number of benzene rings is 2. The Balaban J connectivity index is 1.70. The molecule has 0 atom stereocenters. The van der Waals surface area contributed by atoms with Gasteiger partial charge in [0.25, 0.3) is 11.8 Å². The molecule has 0 spiro atoms. The van der Waals surface area contributed by atoms with E-state index in [4.69, 9.17) is 12.2 Å². The van der Waals surface area contributed by atoms with Gasteiger partial charge < -0.3 is 4.57 Å². The molecule has 4 rings (SSSR count). The fourth-order valence-electron chi connectivity index (χ4n) is 3.17. The predicted octanol–water partition coefficient (Wildman–Crippen LogP) is 4.38. The van der Waals surface area contributed by atoms with E-state index in [0.717, 1.165) is 21.3 Å². The van der Waals surface area contributed by atoms with Crippen LogP contribution >= 0.6 is 28.1 Å². The number of halogens is 1. The normalized spacial score (nSPS) is 15.7. The third-order valence-electron chi connectivity index (χ3n) is 4.58. The van der Waals surface area contributed by atoms with Gasteiger partial charge in [-0.15, -0.1) is 0 Å². The summed E-state index contributed by atoms with van der Waals surface area (Å²) in [7, 11) is 0. The van der Waals surface area contributed by atoms with Crippen LogP contribution in [0.3, 0.4) is 0 Å². The van der Waals surface area contributed by atoms with Gasteiger partial charge in [0.15, 0.2) is 5.11 Å². The number of carbonyl (C=O) groups excluding carboxylic acids is 2. The van der Waals surface area contributed by atoms with Crippen molar-refractivity contribution < 1.29 is 9.59 Å². The average Bonchev–Trinajstić information content (AvgIpc) is 3.16. The fourth-order valence-corrected chi connectivity index (χ4v) is 3.92. The van der Waals surface area contributed by atoms with Crippen molar-refractivity contribution in [2.45, 2.75) is 6.92 Å². The Morgan fingerprint density at radius 3 is 2.55 bits per heavy atom. The van der Waals surface area contributed by atoms with Gasteiger partial charge in [0, 0.05) is 22.6 Å². The van der Waals surface area contributed by atoms with E-state index in [1.807, 2.05) is 72.4 Å². The van der Waals surface area contributed by atoms with Gasteiger partial charge in [-0.3, -0.25) is 19.8 Å². The van der Waals surface area contributed by atoms with Crippen molar-refractivity contribution in [3.8, 4) is 5.69 Å². The summed E-state index contributed by atoms with van der Waals surface area (Å²) < 4.78 is 2.83. The van der Waals surface area contributed by atoms with Gasteiger partial charge in [-0.2, -0.15) is 0 Å². The zero-order valence-corrected chi connectivity index (χ0v) is 17.8. The van der Waals surface area contributed by atoms with Crippen LogP contribution in [0.15, 0.2) is 77.0 Å². The Kier molecular flexibility index (Phi) is 5.17. The Morgan fingerprint density at radius 1 is 1.07 bits per heavy atom. The van der Waals surface area contributed by atoms with Gasteiger partial charge in [0.1, 0.15) is 5.57 Å². The van der Waals surface area contributed by atoms with Crippen LogP contribution in [0.25, 0.3) is 11.8 Å². The molecule has 7 heteroatoms. The molecule has 29 heavy (non-hydrogen) atoms. The molecule has 1 fully saturated rings. The summed E-state index contributed by atoms with van der Waals surface area (Å²) in [6.07, 6.45) is 5.33. The second kappa shape index (κ2) is 7.77. The second-order valence-electron chi connectivity index (χ2n) is 6.58. The highest BCUT2D eigenvalue weighted by Gasteiger charge is 2.35. The topological polar surface area (TPSA) is 54.3 Å². The molecule has 2 aromatic carbocycles. The molecular formula is C22H16BrN3O2S. The lowest BCUT2D eigenvalue weighted by Crippen LogP contribution is -2.54. The smallest absolute Gasteiger partial charge is 0.270 e. The number of hydrogen-bond donors (Lipinski definition) is 1. The SMILES string of the molecule is Cc1cc(Br)ccc1N1C(=O)/C(=C\c2ccn(-c3ccccc3)c2)C(=O)NC1=S. The average molecular weight is 466 g/mol. The lowest BCUT2D eigenvalue weighted by molar-refractivity contribution is -0.122. The highest BCUT2D eigenvalue weighted by molar-refractivity contribution is 9.10. The van der Waals surface area contributed by atoms with E-state index < -0.39 is 11.8 Å². The number of aromatic nitrogens is 1. The number of amides is 2. The van der Waals surface area contributed by atoms with Crippen molar-refractivity contribution in [3.63, 3.8) is 0 Å². The van der Waals surface area contributed by atoms with Crippen LogP contribution < -0.4 is 10.2 Å². The molecule has 5 nitrogen and oxygen atoms in total.